The molecule has 19 heavy (non-hydrogen) atoms. The van der Waals surface area contributed by atoms with Crippen molar-refractivity contribution in [2.24, 2.45) is 0 Å². The maximum absolute atomic E-state index is 11.6. The summed E-state index contributed by atoms with van der Waals surface area (Å²) in [5, 5.41) is 13.9. The number of pyridine rings is 1. The van der Waals surface area contributed by atoms with Crippen molar-refractivity contribution in [3.63, 3.8) is 0 Å². The van der Waals surface area contributed by atoms with Gasteiger partial charge in [0.1, 0.15) is 11.6 Å². The van der Waals surface area contributed by atoms with E-state index in [-0.39, 0.29) is 5.75 Å². The zero-order chi connectivity index (χ0) is 13.7. The standard InChI is InChI=1S/C13H11N3O3/c17-10-6-4-9(5-7-10)15-12(18)13(19)16-11-3-1-2-8-14-11/h1-8,17H,(H,15,18)(H,14,16,19). The van der Waals surface area contributed by atoms with E-state index in [9.17, 15) is 9.59 Å². The predicted octanol–water partition coefficient (Wildman–Crippen LogP) is 1.36. The second kappa shape index (κ2) is 5.63. The average molecular weight is 257 g/mol. The van der Waals surface area contributed by atoms with Crippen molar-refractivity contribution in [3.8, 4) is 5.75 Å². The van der Waals surface area contributed by atoms with Gasteiger partial charge in [0.25, 0.3) is 0 Å². The normalized spacial score (nSPS) is 9.68. The summed E-state index contributed by atoms with van der Waals surface area (Å²) in [6.07, 6.45) is 1.51. The lowest BCUT2D eigenvalue weighted by Crippen LogP contribution is -2.29. The molecular weight excluding hydrogens is 246 g/mol. The highest BCUT2D eigenvalue weighted by molar-refractivity contribution is 6.43. The fraction of sp³-hybridized carbons (Fsp3) is 0. The Morgan fingerprint density at radius 3 is 2.26 bits per heavy atom. The van der Waals surface area contributed by atoms with Crippen LogP contribution in [0.3, 0.4) is 0 Å². The molecule has 0 atom stereocenters. The molecule has 0 unspecified atom stereocenters. The van der Waals surface area contributed by atoms with E-state index >= 15 is 0 Å². The zero-order valence-corrected chi connectivity index (χ0v) is 9.83. The fourth-order valence-electron chi connectivity index (χ4n) is 1.34. The number of aromatic hydroxyl groups is 1. The van der Waals surface area contributed by atoms with Gasteiger partial charge in [-0.15, -0.1) is 0 Å². The average Bonchev–Trinajstić information content (AvgIpc) is 2.42. The van der Waals surface area contributed by atoms with Gasteiger partial charge in [0.2, 0.25) is 0 Å². The molecule has 2 aromatic rings. The number of phenolic OH excluding ortho intramolecular Hbond substituents is 1. The van der Waals surface area contributed by atoms with Gasteiger partial charge in [-0.2, -0.15) is 0 Å². The Morgan fingerprint density at radius 1 is 0.947 bits per heavy atom. The van der Waals surface area contributed by atoms with Crippen molar-refractivity contribution in [3.05, 3.63) is 48.7 Å². The van der Waals surface area contributed by atoms with Crippen LogP contribution in [0.15, 0.2) is 48.7 Å². The molecule has 0 saturated carbocycles. The molecule has 6 nitrogen and oxygen atoms in total. The van der Waals surface area contributed by atoms with Crippen LogP contribution < -0.4 is 10.6 Å². The van der Waals surface area contributed by atoms with Crippen molar-refractivity contribution in [1.29, 1.82) is 0 Å². The molecule has 2 amide bonds. The summed E-state index contributed by atoms with van der Waals surface area (Å²) in [7, 11) is 0. The predicted molar refractivity (Wildman–Crippen MR) is 69.6 cm³/mol. The summed E-state index contributed by atoms with van der Waals surface area (Å²) in [6.45, 7) is 0. The van der Waals surface area contributed by atoms with Crippen molar-refractivity contribution in [1.82, 2.24) is 4.98 Å². The Hall–Kier alpha value is -2.89. The summed E-state index contributed by atoms with van der Waals surface area (Å²) in [5.74, 6) is -1.24. The number of nitrogens with zero attached hydrogens (tertiary/aromatic N) is 1. The van der Waals surface area contributed by atoms with Gasteiger partial charge in [0, 0.05) is 11.9 Å². The first-order chi connectivity index (χ1) is 9.15. The molecule has 2 rings (SSSR count). The van der Waals surface area contributed by atoms with E-state index in [1.165, 1.54) is 30.5 Å². The summed E-state index contributed by atoms with van der Waals surface area (Å²) in [6, 6.07) is 10.8. The first-order valence-corrected chi connectivity index (χ1v) is 5.47. The number of phenols is 1. The lowest BCUT2D eigenvalue weighted by Gasteiger charge is -2.05. The van der Waals surface area contributed by atoms with Crippen LogP contribution in [-0.2, 0) is 9.59 Å². The highest BCUT2D eigenvalue weighted by atomic mass is 16.3. The zero-order valence-electron chi connectivity index (χ0n) is 9.83. The van der Waals surface area contributed by atoms with E-state index in [4.69, 9.17) is 5.11 Å². The summed E-state index contributed by atoms with van der Waals surface area (Å²) < 4.78 is 0. The molecule has 0 saturated heterocycles. The van der Waals surface area contributed by atoms with Gasteiger partial charge in [-0.3, -0.25) is 9.59 Å². The minimum Gasteiger partial charge on any atom is -0.508 e. The summed E-state index contributed by atoms with van der Waals surface area (Å²) in [5.41, 5.74) is 0.416. The van der Waals surface area contributed by atoms with Gasteiger partial charge in [-0.1, -0.05) is 6.07 Å². The second-order valence-electron chi connectivity index (χ2n) is 3.67. The summed E-state index contributed by atoms with van der Waals surface area (Å²) >= 11 is 0. The van der Waals surface area contributed by atoms with Crippen molar-refractivity contribution >= 4 is 23.3 Å². The minimum absolute atomic E-state index is 0.0796. The van der Waals surface area contributed by atoms with Gasteiger partial charge < -0.3 is 15.7 Å². The second-order valence-corrected chi connectivity index (χ2v) is 3.67. The van der Waals surface area contributed by atoms with E-state index < -0.39 is 11.8 Å². The number of carbonyl (C=O) groups is 2. The maximum atomic E-state index is 11.6. The molecule has 0 fully saturated rings. The molecule has 96 valence electrons. The number of hydrogen-bond acceptors (Lipinski definition) is 4. The van der Waals surface area contributed by atoms with Crippen molar-refractivity contribution in [2.45, 2.75) is 0 Å². The van der Waals surface area contributed by atoms with E-state index in [0.717, 1.165) is 0 Å². The first-order valence-electron chi connectivity index (χ1n) is 5.47. The molecule has 0 aliphatic rings. The van der Waals surface area contributed by atoms with E-state index in [1.807, 2.05) is 0 Å². The third-order valence-corrected chi connectivity index (χ3v) is 2.24. The largest absolute Gasteiger partial charge is 0.508 e. The number of aromatic nitrogens is 1. The highest BCUT2D eigenvalue weighted by Gasteiger charge is 2.14. The molecular formula is C13H11N3O3. The monoisotopic (exact) mass is 257 g/mol. The fourth-order valence-corrected chi connectivity index (χ4v) is 1.34. The summed E-state index contributed by atoms with van der Waals surface area (Å²) in [4.78, 5) is 27.0. The van der Waals surface area contributed by atoms with Crippen LogP contribution in [0.25, 0.3) is 0 Å². The molecule has 0 aliphatic heterocycles. The SMILES string of the molecule is O=C(Nc1ccc(O)cc1)C(=O)Nc1ccccn1. The van der Waals surface area contributed by atoms with E-state index in [1.54, 1.807) is 18.2 Å². The van der Waals surface area contributed by atoms with Gasteiger partial charge >= 0.3 is 11.8 Å². The smallest absolute Gasteiger partial charge is 0.315 e. The number of benzene rings is 1. The van der Waals surface area contributed by atoms with Crippen LogP contribution in [0.1, 0.15) is 0 Å². The molecule has 3 N–H and O–H groups in total. The quantitative estimate of drug-likeness (QED) is 0.559. The van der Waals surface area contributed by atoms with Crippen LogP contribution in [0, 0.1) is 0 Å². The maximum Gasteiger partial charge on any atom is 0.315 e. The number of carbonyl (C=O) groups excluding carboxylic acids is 2. The number of nitrogens with one attached hydrogen (secondary N) is 2. The molecule has 6 heteroatoms. The Balaban J connectivity index is 1.96. The molecule has 0 spiro atoms. The number of anilines is 2. The molecule has 1 heterocycles. The van der Waals surface area contributed by atoms with Crippen LogP contribution >= 0.6 is 0 Å². The third kappa shape index (κ3) is 3.53. The number of hydrogen-bond donors (Lipinski definition) is 3. The van der Waals surface area contributed by atoms with Crippen molar-refractivity contribution < 1.29 is 14.7 Å². The molecule has 0 aliphatic carbocycles. The highest BCUT2D eigenvalue weighted by Crippen LogP contribution is 2.13. The Labute approximate surface area is 109 Å². The number of rotatable bonds is 2. The van der Waals surface area contributed by atoms with Crippen LogP contribution in [0.4, 0.5) is 11.5 Å². The van der Waals surface area contributed by atoms with Crippen LogP contribution in [-0.4, -0.2) is 21.9 Å². The lowest BCUT2D eigenvalue weighted by molar-refractivity contribution is -0.133. The number of amides is 2. The van der Waals surface area contributed by atoms with Crippen molar-refractivity contribution in [2.75, 3.05) is 10.6 Å². The van der Waals surface area contributed by atoms with E-state index in [2.05, 4.69) is 15.6 Å². The van der Waals surface area contributed by atoms with Crippen LogP contribution in [0.5, 0.6) is 5.75 Å². The Bertz CT molecular complexity index is 582. The molecule has 1 aromatic heterocycles. The molecule has 0 radical (unpaired) electrons. The Kier molecular flexibility index (Phi) is 3.72. The van der Waals surface area contributed by atoms with Crippen LogP contribution in [0.2, 0.25) is 0 Å². The van der Waals surface area contributed by atoms with Gasteiger partial charge in [-0.05, 0) is 36.4 Å². The van der Waals surface area contributed by atoms with Gasteiger partial charge in [-0.25, -0.2) is 4.98 Å². The first kappa shape index (κ1) is 12.6. The molecule has 1 aromatic carbocycles. The minimum atomic E-state index is -0.813. The third-order valence-electron chi connectivity index (χ3n) is 2.24. The van der Waals surface area contributed by atoms with E-state index in [0.29, 0.717) is 11.5 Å². The topological polar surface area (TPSA) is 91.3 Å². The van der Waals surface area contributed by atoms with Gasteiger partial charge in [0.15, 0.2) is 0 Å². The lowest BCUT2D eigenvalue weighted by atomic mass is 10.3. The Morgan fingerprint density at radius 2 is 1.63 bits per heavy atom. The van der Waals surface area contributed by atoms with Gasteiger partial charge in [0.05, 0.1) is 0 Å². The molecule has 0 bridgehead atoms.